The Balaban J connectivity index is 2.14. The van der Waals surface area contributed by atoms with Crippen molar-refractivity contribution in [2.24, 2.45) is 7.05 Å². The van der Waals surface area contributed by atoms with Crippen molar-refractivity contribution in [3.05, 3.63) is 24.0 Å². The van der Waals surface area contributed by atoms with E-state index >= 15 is 0 Å². The van der Waals surface area contributed by atoms with Crippen molar-refractivity contribution in [3.63, 3.8) is 0 Å². The second kappa shape index (κ2) is 4.87. The minimum atomic E-state index is -1.09. The van der Waals surface area contributed by atoms with Crippen molar-refractivity contribution in [3.8, 4) is 0 Å². The SMILES string of the molecule is Cn1nccc1C=CC(=O)N1CCCC1(C)C(=O)O. The van der Waals surface area contributed by atoms with Gasteiger partial charge in [-0.1, -0.05) is 0 Å². The van der Waals surface area contributed by atoms with E-state index in [1.165, 1.54) is 11.0 Å². The van der Waals surface area contributed by atoms with Gasteiger partial charge in [-0.3, -0.25) is 9.48 Å². The zero-order valence-electron chi connectivity index (χ0n) is 11.0. The van der Waals surface area contributed by atoms with Crippen LogP contribution < -0.4 is 0 Å². The Kier molecular flexibility index (Phi) is 3.42. The summed E-state index contributed by atoms with van der Waals surface area (Å²) in [5.74, 6) is -1.23. The summed E-state index contributed by atoms with van der Waals surface area (Å²) in [7, 11) is 1.78. The standard InChI is InChI=1S/C13H17N3O3/c1-13(12(18)19)7-3-9-16(13)11(17)5-4-10-6-8-14-15(10)2/h4-6,8H,3,7,9H2,1-2H3,(H,18,19). The van der Waals surface area contributed by atoms with Crippen LogP contribution in [-0.4, -0.2) is 43.7 Å². The van der Waals surface area contributed by atoms with Crippen LogP contribution in [0.3, 0.4) is 0 Å². The number of aryl methyl sites for hydroxylation is 1. The molecule has 0 radical (unpaired) electrons. The van der Waals surface area contributed by atoms with E-state index in [0.29, 0.717) is 19.4 Å². The van der Waals surface area contributed by atoms with Crippen LogP contribution in [0, 0.1) is 0 Å². The van der Waals surface area contributed by atoms with E-state index in [4.69, 9.17) is 0 Å². The van der Waals surface area contributed by atoms with Crippen LogP contribution in [0.25, 0.3) is 6.08 Å². The van der Waals surface area contributed by atoms with E-state index in [2.05, 4.69) is 5.10 Å². The van der Waals surface area contributed by atoms with E-state index in [1.54, 1.807) is 37.0 Å². The summed E-state index contributed by atoms with van der Waals surface area (Å²) in [5.41, 5.74) is -0.293. The lowest BCUT2D eigenvalue weighted by atomic mass is 9.99. The first-order valence-electron chi connectivity index (χ1n) is 6.16. The van der Waals surface area contributed by atoms with Gasteiger partial charge in [-0.15, -0.1) is 0 Å². The fourth-order valence-corrected chi connectivity index (χ4v) is 2.33. The van der Waals surface area contributed by atoms with E-state index in [1.807, 2.05) is 0 Å². The van der Waals surface area contributed by atoms with Gasteiger partial charge < -0.3 is 10.0 Å². The van der Waals surface area contributed by atoms with Gasteiger partial charge in [0.25, 0.3) is 0 Å². The molecule has 1 unspecified atom stereocenters. The van der Waals surface area contributed by atoms with Crippen LogP contribution in [0.2, 0.25) is 0 Å². The predicted octanol–water partition coefficient (Wildman–Crippen LogP) is 0.899. The summed E-state index contributed by atoms with van der Waals surface area (Å²) in [6.07, 6.45) is 5.91. The number of likely N-dealkylation sites (tertiary alicyclic amines) is 1. The second-order valence-electron chi connectivity index (χ2n) is 4.89. The van der Waals surface area contributed by atoms with E-state index in [9.17, 15) is 14.7 Å². The van der Waals surface area contributed by atoms with Crippen molar-refractivity contribution in [1.29, 1.82) is 0 Å². The van der Waals surface area contributed by atoms with Gasteiger partial charge in [-0.05, 0) is 31.9 Å². The fraction of sp³-hybridized carbons (Fsp3) is 0.462. The molecule has 6 nitrogen and oxygen atoms in total. The summed E-state index contributed by atoms with van der Waals surface area (Å²) in [6.45, 7) is 2.08. The molecule has 1 N–H and O–H groups in total. The molecule has 102 valence electrons. The highest BCUT2D eigenvalue weighted by Gasteiger charge is 2.45. The van der Waals surface area contributed by atoms with Crippen LogP contribution in [0.4, 0.5) is 0 Å². The molecule has 0 bridgehead atoms. The highest BCUT2D eigenvalue weighted by Crippen LogP contribution is 2.29. The highest BCUT2D eigenvalue weighted by molar-refractivity contribution is 5.96. The molecule has 1 aromatic rings. The highest BCUT2D eigenvalue weighted by atomic mass is 16.4. The fourth-order valence-electron chi connectivity index (χ4n) is 2.33. The van der Waals surface area contributed by atoms with Crippen LogP contribution >= 0.6 is 0 Å². The number of carboxylic acid groups (broad SMARTS) is 1. The molecule has 1 aromatic heterocycles. The maximum Gasteiger partial charge on any atom is 0.329 e. The normalized spacial score (nSPS) is 23.2. The molecule has 1 atom stereocenters. The van der Waals surface area contributed by atoms with Gasteiger partial charge >= 0.3 is 5.97 Å². The molecule has 1 aliphatic rings. The van der Waals surface area contributed by atoms with Gasteiger partial charge in [0.05, 0.1) is 5.69 Å². The molecule has 0 saturated carbocycles. The summed E-state index contributed by atoms with van der Waals surface area (Å²) in [5, 5.41) is 13.3. The van der Waals surface area contributed by atoms with Gasteiger partial charge in [-0.2, -0.15) is 5.10 Å². The van der Waals surface area contributed by atoms with Gasteiger partial charge in [0.2, 0.25) is 5.91 Å². The zero-order chi connectivity index (χ0) is 14.0. The van der Waals surface area contributed by atoms with Crippen molar-refractivity contribution in [1.82, 2.24) is 14.7 Å². The molecule has 0 aromatic carbocycles. The minimum Gasteiger partial charge on any atom is -0.480 e. The third-order valence-electron chi connectivity index (χ3n) is 3.62. The third-order valence-corrected chi connectivity index (χ3v) is 3.62. The lowest BCUT2D eigenvalue weighted by Gasteiger charge is -2.30. The van der Waals surface area contributed by atoms with Gasteiger partial charge in [-0.25, -0.2) is 4.79 Å². The van der Waals surface area contributed by atoms with E-state index in [-0.39, 0.29) is 5.91 Å². The number of aromatic nitrogens is 2. The molecule has 2 heterocycles. The number of rotatable bonds is 3. The van der Waals surface area contributed by atoms with Gasteiger partial charge in [0, 0.05) is 25.9 Å². The Morgan fingerprint density at radius 2 is 2.26 bits per heavy atom. The number of amides is 1. The quantitative estimate of drug-likeness (QED) is 0.822. The van der Waals surface area contributed by atoms with Crippen molar-refractivity contribution in [2.75, 3.05) is 6.54 Å². The molecule has 6 heteroatoms. The average molecular weight is 263 g/mol. The van der Waals surface area contributed by atoms with Crippen LogP contribution in [-0.2, 0) is 16.6 Å². The Labute approximate surface area is 111 Å². The molecule has 1 fully saturated rings. The molecule has 0 aliphatic carbocycles. The number of aliphatic carboxylic acids is 1. The summed E-state index contributed by atoms with van der Waals surface area (Å²) >= 11 is 0. The molecule has 1 aliphatic heterocycles. The number of hydrogen-bond donors (Lipinski definition) is 1. The maximum absolute atomic E-state index is 12.1. The van der Waals surface area contributed by atoms with Crippen LogP contribution in [0.5, 0.6) is 0 Å². The number of carboxylic acids is 1. The third kappa shape index (κ3) is 2.38. The Bertz CT molecular complexity index is 535. The average Bonchev–Trinajstić information content (AvgIpc) is 2.93. The summed E-state index contributed by atoms with van der Waals surface area (Å²) in [4.78, 5) is 24.8. The molecule has 19 heavy (non-hydrogen) atoms. The molecule has 1 amide bonds. The van der Waals surface area contributed by atoms with Gasteiger partial charge in [0.15, 0.2) is 0 Å². The van der Waals surface area contributed by atoms with Crippen LogP contribution in [0.1, 0.15) is 25.5 Å². The first-order chi connectivity index (χ1) is 8.95. The molecular formula is C13H17N3O3. The van der Waals surface area contributed by atoms with Gasteiger partial charge in [0.1, 0.15) is 5.54 Å². The zero-order valence-corrected chi connectivity index (χ0v) is 11.0. The number of carbonyl (C=O) groups is 2. The van der Waals surface area contributed by atoms with Crippen molar-refractivity contribution < 1.29 is 14.7 Å². The summed E-state index contributed by atoms with van der Waals surface area (Å²) in [6, 6.07) is 1.78. The number of nitrogens with zero attached hydrogens (tertiary/aromatic N) is 3. The van der Waals surface area contributed by atoms with E-state index < -0.39 is 11.5 Å². The topological polar surface area (TPSA) is 75.4 Å². The monoisotopic (exact) mass is 263 g/mol. The first-order valence-corrected chi connectivity index (χ1v) is 6.16. The lowest BCUT2D eigenvalue weighted by Crippen LogP contribution is -2.50. The van der Waals surface area contributed by atoms with Crippen molar-refractivity contribution in [2.45, 2.75) is 25.3 Å². The van der Waals surface area contributed by atoms with Crippen molar-refractivity contribution >= 4 is 18.0 Å². The molecule has 2 rings (SSSR count). The maximum atomic E-state index is 12.1. The lowest BCUT2D eigenvalue weighted by molar-refractivity contribution is -0.153. The summed E-state index contributed by atoms with van der Waals surface area (Å²) < 4.78 is 1.64. The number of hydrogen-bond acceptors (Lipinski definition) is 3. The Morgan fingerprint density at radius 1 is 1.53 bits per heavy atom. The Hall–Kier alpha value is -2.11. The smallest absolute Gasteiger partial charge is 0.329 e. The Morgan fingerprint density at radius 3 is 2.84 bits per heavy atom. The molecular weight excluding hydrogens is 246 g/mol. The minimum absolute atomic E-state index is 0.274. The first kappa shape index (κ1) is 13.3. The molecule has 1 saturated heterocycles. The number of carbonyl (C=O) groups excluding carboxylic acids is 1. The molecule has 0 spiro atoms. The van der Waals surface area contributed by atoms with Crippen LogP contribution in [0.15, 0.2) is 18.3 Å². The predicted molar refractivity (Wildman–Crippen MR) is 69.2 cm³/mol. The van der Waals surface area contributed by atoms with E-state index in [0.717, 1.165) is 5.69 Å². The second-order valence-corrected chi connectivity index (χ2v) is 4.89. The largest absolute Gasteiger partial charge is 0.480 e.